The Morgan fingerprint density at radius 3 is 2.40 bits per heavy atom. The zero-order valence-electron chi connectivity index (χ0n) is 23.2. The van der Waals surface area contributed by atoms with Gasteiger partial charge in [-0.3, -0.25) is 9.36 Å². The smallest absolute Gasteiger partial charge is 0.338 e. The molecule has 0 bridgehead atoms. The summed E-state index contributed by atoms with van der Waals surface area (Å²) in [6.45, 7) is 3.85. The number of nitrogens with zero attached hydrogens (tertiary/aromatic N) is 2. The van der Waals surface area contributed by atoms with Gasteiger partial charge in [0.25, 0.3) is 5.56 Å². The monoisotopic (exact) mass is 584 g/mol. The molecule has 2 heterocycles. The van der Waals surface area contributed by atoms with E-state index in [0.717, 1.165) is 5.56 Å². The number of carbonyl (C=O) groups excluding carboxylic acids is 1. The summed E-state index contributed by atoms with van der Waals surface area (Å²) >= 11 is 1.22. The third-order valence-electron chi connectivity index (χ3n) is 6.75. The van der Waals surface area contributed by atoms with Gasteiger partial charge in [0.05, 0.1) is 35.1 Å². The number of methoxy groups -OCH3 is 1. The lowest BCUT2D eigenvalue weighted by molar-refractivity contribution is -0.139. The van der Waals surface area contributed by atoms with Gasteiger partial charge in [-0.25, -0.2) is 14.6 Å². The first-order valence-corrected chi connectivity index (χ1v) is 14.0. The molecule has 5 rings (SSSR count). The molecule has 0 radical (unpaired) electrons. The van der Waals surface area contributed by atoms with E-state index in [-0.39, 0.29) is 29.9 Å². The summed E-state index contributed by atoms with van der Waals surface area (Å²) in [6.07, 6.45) is 1.75. The number of thiazole rings is 1. The quantitative estimate of drug-likeness (QED) is 0.295. The van der Waals surface area contributed by atoms with E-state index in [1.807, 2.05) is 36.4 Å². The van der Waals surface area contributed by atoms with Crippen LogP contribution in [0.5, 0.6) is 11.5 Å². The summed E-state index contributed by atoms with van der Waals surface area (Å²) < 4.78 is 19.0. The second-order valence-electron chi connectivity index (χ2n) is 9.37. The molecule has 0 fully saturated rings. The van der Waals surface area contributed by atoms with Crippen LogP contribution >= 0.6 is 11.3 Å². The fraction of sp³-hybridized carbons (Fsp3) is 0.188. The van der Waals surface area contributed by atoms with Crippen molar-refractivity contribution in [2.75, 3.05) is 13.7 Å². The Hall–Kier alpha value is -4.96. The van der Waals surface area contributed by atoms with E-state index in [2.05, 4.69) is 4.99 Å². The van der Waals surface area contributed by atoms with Gasteiger partial charge < -0.3 is 19.3 Å². The first-order chi connectivity index (χ1) is 20.3. The standard InChI is InChI=1S/C32H28N2O7S/c1-4-40-31(38)27-19(2)33-32-34(28(27)23-10-6-8-12-25(23)39-3)29(35)26(42-32)17-22-9-5-7-11-24(22)41-18-20-13-15-21(16-14-20)30(36)37/h5-17,28H,4,18H2,1-3H3,(H,36,37)/t28-/m1/s1. The highest BCUT2D eigenvalue weighted by Gasteiger charge is 2.35. The number of esters is 1. The minimum Gasteiger partial charge on any atom is -0.496 e. The van der Waals surface area contributed by atoms with Crippen molar-refractivity contribution in [2.24, 2.45) is 4.99 Å². The molecule has 42 heavy (non-hydrogen) atoms. The summed E-state index contributed by atoms with van der Waals surface area (Å²) in [5.41, 5.74) is 2.74. The summed E-state index contributed by atoms with van der Waals surface area (Å²) in [7, 11) is 1.54. The molecular formula is C32H28N2O7S. The second kappa shape index (κ2) is 12.3. The van der Waals surface area contributed by atoms with Gasteiger partial charge in [-0.1, -0.05) is 59.9 Å². The number of carbonyl (C=O) groups is 2. The zero-order chi connectivity index (χ0) is 29.8. The average Bonchev–Trinajstić information content (AvgIpc) is 3.30. The molecule has 0 aliphatic carbocycles. The lowest BCUT2D eigenvalue weighted by Gasteiger charge is -2.25. The van der Waals surface area contributed by atoms with E-state index >= 15 is 0 Å². The summed E-state index contributed by atoms with van der Waals surface area (Å²) in [5, 5.41) is 9.13. The van der Waals surface area contributed by atoms with Crippen LogP contribution < -0.4 is 24.4 Å². The molecule has 0 saturated heterocycles. The van der Waals surface area contributed by atoms with Crippen LogP contribution in [0.3, 0.4) is 0 Å². The Kier molecular flexibility index (Phi) is 8.35. The molecule has 1 aliphatic rings. The number of para-hydroxylation sites is 2. The molecule has 0 unspecified atom stereocenters. The lowest BCUT2D eigenvalue weighted by atomic mass is 9.95. The van der Waals surface area contributed by atoms with Crippen LogP contribution in [0.4, 0.5) is 0 Å². The predicted molar refractivity (Wildman–Crippen MR) is 158 cm³/mol. The Morgan fingerprint density at radius 1 is 1.02 bits per heavy atom. The molecule has 9 nitrogen and oxygen atoms in total. The third kappa shape index (κ3) is 5.61. The van der Waals surface area contributed by atoms with Crippen molar-refractivity contribution >= 4 is 29.4 Å². The molecule has 0 amide bonds. The van der Waals surface area contributed by atoms with Crippen molar-refractivity contribution < 1.29 is 28.9 Å². The molecule has 1 aromatic heterocycles. The van der Waals surface area contributed by atoms with Crippen LogP contribution in [0, 0.1) is 0 Å². The molecule has 3 aromatic carbocycles. The maximum absolute atomic E-state index is 14.0. The fourth-order valence-corrected chi connectivity index (χ4v) is 5.79. The number of aromatic nitrogens is 1. The van der Waals surface area contributed by atoms with E-state index in [1.54, 1.807) is 51.3 Å². The number of carboxylic acids is 1. The van der Waals surface area contributed by atoms with Crippen molar-refractivity contribution in [3.63, 3.8) is 0 Å². The Labute approximate surface area is 245 Å². The SMILES string of the molecule is CCOC(=O)C1=C(C)N=c2sc(=Cc3ccccc3OCc3ccc(C(=O)O)cc3)c(=O)n2[C@@H]1c1ccccc1OC. The van der Waals surface area contributed by atoms with Gasteiger partial charge >= 0.3 is 11.9 Å². The predicted octanol–water partition coefficient (Wildman–Crippen LogP) is 4.08. The molecule has 0 spiro atoms. The van der Waals surface area contributed by atoms with Crippen LogP contribution in [-0.4, -0.2) is 35.3 Å². The first-order valence-electron chi connectivity index (χ1n) is 13.2. The van der Waals surface area contributed by atoms with E-state index in [4.69, 9.17) is 19.3 Å². The molecule has 4 aromatic rings. The number of benzene rings is 3. The highest BCUT2D eigenvalue weighted by molar-refractivity contribution is 7.07. The van der Waals surface area contributed by atoms with Crippen LogP contribution in [0.15, 0.2) is 93.9 Å². The van der Waals surface area contributed by atoms with Gasteiger partial charge in [0.2, 0.25) is 0 Å². The van der Waals surface area contributed by atoms with Crippen molar-refractivity contribution in [3.05, 3.63) is 126 Å². The topological polar surface area (TPSA) is 116 Å². The number of allylic oxidation sites excluding steroid dienone is 1. The summed E-state index contributed by atoms with van der Waals surface area (Å²) in [5.74, 6) is -0.454. The van der Waals surface area contributed by atoms with Crippen molar-refractivity contribution in [1.29, 1.82) is 0 Å². The fourth-order valence-electron chi connectivity index (χ4n) is 4.76. The number of ether oxygens (including phenoxy) is 3. The minimum atomic E-state index is -0.994. The van der Waals surface area contributed by atoms with Gasteiger partial charge in [-0.05, 0) is 49.8 Å². The second-order valence-corrected chi connectivity index (χ2v) is 10.4. The first kappa shape index (κ1) is 28.6. The highest BCUT2D eigenvalue weighted by atomic mass is 32.1. The molecule has 1 aliphatic heterocycles. The van der Waals surface area contributed by atoms with E-state index in [0.29, 0.717) is 37.7 Å². The molecular weight excluding hydrogens is 556 g/mol. The number of hydrogen-bond acceptors (Lipinski definition) is 8. The van der Waals surface area contributed by atoms with Crippen molar-refractivity contribution in [3.8, 4) is 11.5 Å². The van der Waals surface area contributed by atoms with Crippen LogP contribution in [0.2, 0.25) is 0 Å². The summed E-state index contributed by atoms with van der Waals surface area (Å²) in [6, 6.07) is 20.2. The highest BCUT2D eigenvalue weighted by Crippen LogP contribution is 2.35. The van der Waals surface area contributed by atoms with Gasteiger partial charge in [-0.2, -0.15) is 0 Å². The number of aromatic carboxylic acids is 1. The van der Waals surface area contributed by atoms with Gasteiger partial charge in [-0.15, -0.1) is 0 Å². The molecule has 214 valence electrons. The van der Waals surface area contributed by atoms with E-state index in [1.165, 1.54) is 28.0 Å². The maximum atomic E-state index is 14.0. The van der Waals surface area contributed by atoms with Crippen LogP contribution in [0.1, 0.15) is 46.9 Å². The molecule has 1 atom stereocenters. The molecule has 0 saturated carbocycles. The zero-order valence-corrected chi connectivity index (χ0v) is 24.0. The van der Waals surface area contributed by atoms with E-state index in [9.17, 15) is 14.4 Å². The Balaban J connectivity index is 1.57. The number of hydrogen-bond donors (Lipinski definition) is 1. The number of rotatable bonds is 9. The Morgan fingerprint density at radius 2 is 1.71 bits per heavy atom. The third-order valence-corrected chi connectivity index (χ3v) is 7.73. The van der Waals surface area contributed by atoms with Crippen molar-refractivity contribution in [1.82, 2.24) is 4.57 Å². The van der Waals surface area contributed by atoms with Crippen LogP contribution in [0.25, 0.3) is 6.08 Å². The minimum absolute atomic E-state index is 0.180. The van der Waals surface area contributed by atoms with Gasteiger partial charge in [0.1, 0.15) is 24.1 Å². The largest absolute Gasteiger partial charge is 0.496 e. The Bertz CT molecular complexity index is 1870. The normalized spacial score (nSPS) is 14.6. The van der Waals surface area contributed by atoms with E-state index < -0.39 is 18.0 Å². The summed E-state index contributed by atoms with van der Waals surface area (Å²) in [4.78, 5) is 43.4. The average molecular weight is 585 g/mol. The molecule has 1 N–H and O–H groups in total. The maximum Gasteiger partial charge on any atom is 0.338 e. The number of carboxylic acid groups (broad SMARTS) is 1. The number of fused-ring (bicyclic) bond motifs is 1. The lowest BCUT2D eigenvalue weighted by Crippen LogP contribution is -2.40. The van der Waals surface area contributed by atoms with Crippen LogP contribution in [-0.2, 0) is 16.1 Å². The van der Waals surface area contributed by atoms with Gasteiger partial charge in [0.15, 0.2) is 4.80 Å². The molecule has 10 heteroatoms. The van der Waals surface area contributed by atoms with Crippen molar-refractivity contribution in [2.45, 2.75) is 26.5 Å². The van der Waals surface area contributed by atoms with Gasteiger partial charge in [0, 0.05) is 11.1 Å².